The third-order valence-corrected chi connectivity index (χ3v) is 3.20. The number of hydrogen-bond acceptors (Lipinski definition) is 2. The molecule has 1 aliphatic carbocycles. The van der Waals surface area contributed by atoms with Crippen LogP contribution in [0, 0.1) is 6.92 Å². The summed E-state index contributed by atoms with van der Waals surface area (Å²) >= 11 is 0. The van der Waals surface area contributed by atoms with Crippen LogP contribution in [0.3, 0.4) is 0 Å². The van der Waals surface area contributed by atoms with Gasteiger partial charge in [-0.3, -0.25) is 0 Å². The number of nitrogens with two attached hydrogens (primary N) is 1. The summed E-state index contributed by atoms with van der Waals surface area (Å²) in [7, 11) is 0. The number of benzene rings is 1. The second-order valence-electron chi connectivity index (χ2n) is 4.46. The summed E-state index contributed by atoms with van der Waals surface area (Å²) < 4.78 is 1.93. The zero-order chi connectivity index (χ0) is 11.1. The summed E-state index contributed by atoms with van der Waals surface area (Å²) in [6, 6.07) is 8.50. The molecule has 3 heteroatoms. The Morgan fingerprint density at radius 1 is 1.31 bits per heavy atom. The van der Waals surface area contributed by atoms with Crippen molar-refractivity contribution in [3.8, 4) is 5.69 Å². The summed E-state index contributed by atoms with van der Waals surface area (Å²) in [5.74, 6) is 0. The van der Waals surface area contributed by atoms with Crippen LogP contribution < -0.4 is 5.73 Å². The molecule has 3 nitrogen and oxygen atoms in total. The highest BCUT2D eigenvalue weighted by Crippen LogP contribution is 2.28. The molecule has 1 atom stereocenters. The van der Waals surface area contributed by atoms with E-state index in [-0.39, 0.29) is 6.04 Å². The Kier molecular flexibility index (Phi) is 2.07. The first-order chi connectivity index (χ1) is 7.74. The van der Waals surface area contributed by atoms with E-state index in [1.165, 1.54) is 11.1 Å². The molecule has 2 N–H and O–H groups in total. The molecule has 3 rings (SSSR count). The lowest BCUT2D eigenvalue weighted by Gasteiger charge is -2.03. The van der Waals surface area contributed by atoms with Crippen molar-refractivity contribution in [2.24, 2.45) is 5.73 Å². The van der Waals surface area contributed by atoms with Crippen molar-refractivity contribution in [2.45, 2.75) is 25.8 Å². The molecule has 0 amide bonds. The fourth-order valence-corrected chi connectivity index (χ4v) is 2.21. The van der Waals surface area contributed by atoms with Gasteiger partial charge >= 0.3 is 0 Å². The molecule has 0 spiro atoms. The summed E-state index contributed by atoms with van der Waals surface area (Å²) in [5, 5.41) is 4.56. The lowest BCUT2D eigenvalue weighted by molar-refractivity contribution is 0.669. The average molecular weight is 213 g/mol. The quantitative estimate of drug-likeness (QED) is 0.788. The highest BCUT2D eigenvalue weighted by Gasteiger charge is 2.23. The van der Waals surface area contributed by atoms with Crippen molar-refractivity contribution >= 4 is 0 Å². The summed E-state index contributed by atoms with van der Waals surface area (Å²) in [6.07, 6.45) is 4.20. The van der Waals surface area contributed by atoms with E-state index in [1.807, 2.05) is 4.68 Å². The molecule has 16 heavy (non-hydrogen) atoms. The minimum Gasteiger partial charge on any atom is -0.323 e. The monoisotopic (exact) mass is 213 g/mol. The van der Waals surface area contributed by atoms with Crippen molar-refractivity contribution < 1.29 is 0 Å². The lowest BCUT2D eigenvalue weighted by Crippen LogP contribution is -2.08. The van der Waals surface area contributed by atoms with Crippen LogP contribution in [0.2, 0.25) is 0 Å². The fourth-order valence-electron chi connectivity index (χ4n) is 2.21. The molecule has 0 saturated carbocycles. The summed E-state index contributed by atoms with van der Waals surface area (Å²) in [4.78, 5) is 0. The van der Waals surface area contributed by atoms with Crippen LogP contribution in [-0.4, -0.2) is 9.78 Å². The molecule has 0 aliphatic heterocycles. The zero-order valence-corrected chi connectivity index (χ0v) is 9.35. The van der Waals surface area contributed by atoms with Crippen molar-refractivity contribution in [1.29, 1.82) is 0 Å². The van der Waals surface area contributed by atoms with Gasteiger partial charge in [-0.15, -0.1) is 0 Å². The highest BCUT2D eigenvalue weighted by atomic mass is 15.3. The molecular weight excluding hydrogens is 198 g/mol. The Labute approximate surface area is 94.9 Å². The van der Waals surface area contributed by atoms with E-state index in [0.29, 0.717) is 0 Å². The molecule has 1 aromatic heterocycles. The zero-order valence-electron chi connectivity index (χ0n) is 9.35. The van der Waals surface area contributed by atoms with Crippen LogP contribution >= 0.6 is 0 Å². The van der Waals surface area contributed by atoms with Gasteiger partial charge in [-0.1, -0.05) is 17.7 Å². The van der Waals surface area contributed by atoms with E-state index in [1.54, 1.807) is 0 Å². The second-order valence-corrected chi connectivity index (χ2v) is 4.46. The molecule has 1 unspecified atom stereocenters. The SMILES string of the molecule is Cc1ccc(-n2cc3c(n2)C(N)CC3)cc1. The molecule has 1 aliphatic rings. The van der Waals surface area contributed by atoms with Crippen molar-refractivity contribution in [2.75, 3.05) is 0 Å². The Hall–Kier alpha value is -1.61. The molecule has 2 aromatic rings. The number of aryl methyl sites for hydroxylation is 2. The topological polar surface area (TPSA) is 43.8 Å². The van der Waals surface area contributed by atoms with Crippen LogP contribution in [0.5, 0.6) is 0 Å². The smallest absolute Gasteiger partial charge is 0.0828 e. The van der Waals surface area contributed by atoms with Crippen molar-refractivity contribution in [3.63, 3.8) is 0 Å². The Balaban J connectivity index is 2.02. The number of nitrogens with zero attached hydrogens (tertiary/aromatic N) is 2. The van der Waals surface area contributed by atoms with Gasteiger partial charge in [0.05, 0.1) is 11.4 Å². The second kappa shape index (κ2) is 3.46. The van der Waals surface area contributed by atoms with E-state index in [4.69, 9.17) is 5.73 Å². The maximum atomic E-state index is 5.99. The summed E-state index contributed by atoms with van der Waals surface area (Å²) in [6.45, 7) is 2.09. The minimum atomic E-state index is 0.127. The predicted octanol–water partition coefficient (Wildman–Crippen LogP) is 2.13. The van der Waals surface area contributed by atoms with Crippen LogP contribution in [0.4, 0.5) is 0 Å². The molecule has 0 fully saturated rings. The highest BCUT2D eigenvalue weighted by molar-refractivity contribution is 5.36. The molecule has 0 radical (unpaired) electrons. The van der Waals surface area contributed by atoms with Gasteiger partial charge in [-0.05, 0) is 37.5 Å². The molecule has 0 bridgehead atoms. The number of hydrogen-bond donors (Lipinski definition) is 1. The van der Waals surface area contributed by atoms with Gasteiger partial charge in [-0.25, -0.2) is 4.68 Å². The van der Waals surface area contributed by atoms with Gasteiger partial charge in [-0.2, -0.15) is 5.10 Å². The first-order valence-corrected chi connectivity index (χ1v) is 5.65. The third-order valence-electron chi connectivity index (χ3n) is 3.20. The van der Waals surface area contributed by atoms with Gasteiger partial charge in [0, 0.05) is 12.2 Å². The van der Waals surface area contributed by atoms with E-state index >= 15 is 0 Å². The molecule has 1 heterocycles. The standard InChI is InChI=1S/C13H15N3/c1-9-2-5-11(6-3-9)16-8-10-4-7-12(14)13(10)15-16/h2-3,5-6,8,12H,4,7,14H2,1H3. The Bertz CT molecular complexity index is 510. The van der Waals surface area contributed by atoms with Crippen molar-refractivity contribution in [1.82, 2.24) is 9.78 Å². The predicted molar refractivity (Wildman–Crippen MR) is 63.6 cm³/mol. The van der Waals surface area contributed by atoms with Crippen LogP contribution in [-0.2, 0) is 6.42 Å². The van der Waals surface area contributed by atoms with E-state index in [2.05, 4.69) is 42.5 Å². The molecule has 82 valence electrons. The van der Waals surface area contributed by atoms with E-state index in [9.17, 15) is 0 Å². The number of aromatic nitrogens is 2. The van der Waals surface area contributed by atoms with Gasteiger partial charge in [0.1, 0.15) is 0 Å². The minimum absolute atomic E-state index is 0.127. The first kappa shape index (κ1) is 9.60. The van der Waals surface area contributed by atoms with Gasteiger partial charge < -0.3 is 5.73 Å². The van der Waals surface area contributed by atoms with Gasteiger partial charge in [0.2, 0.25) is 0 Å². The number of rotatable bonds is 1. The molecular formula is C13H15N3. The Morgan fingerprint density at radius 2 is 2.06 bits per heavy atom. The molecule has 1 aromatic carbocycles. The van der Waals surface area contributed by atoms with E-state index < -0.39 is 0 Å². The maximum Gasteiger partial charge on any atom is 0.0828 e. The third kappa shape index (κ3) is 1.44. The summed E-state index contributed by atoms with van der Waals surface area (Å²) in [5.41, 5.74) is 10.7. The Morgan fingerprint density at radius 3 is 2.75 bits per heavy atom. The molecule has 0 saturated heterocycles. The van der Waals surface area contributed by atoms with Crippen LogP contribution in [0.15, 0.2) is 30.5 Å². The van der Waals surface area contributed by atoms with Gasteiger partial charge in [0.25, 0.3) is 0 Å². The normalized spacial score (nSPS) is 18.8. The maximum absolute atomic E-state index is 5.99. The van der Waals surface area contributed by atoms with Gasteiger partial charge in [0.15, 0.2) is 0 Å². The average Bonchev–Trinajstić information content (AvgIpc) is 2.83. The van der Waals surface area contributed by atoms with E-state index in [0.717, 1.165) is 24.2 Å². The first-order valence-electron chi connectivity index (χ1n) is 5.65. The number of fused-ring (bicyclic) bond motifs is 1. The fraction of sp³-hybridized carbons (Fsp3) is 0.308. The largest absolute Gasteiger partial charge is 0.323 e. The lowest BCUT2D eigenvalue weighted by atomic mass is 10.2. The van der Waals surface area contributed by atoms with Crippen LogP contribution in [0.1, 0.15) is 29.3 Å². The van der Waals surface area contributed by atoms with Crippen LogP contribution in [0.25, 0.3) is 5.69 Å². The van der Waals surface area contributed by atoms with Crippen molar-refractivity contribution in [3.05, 3.63) is 47.3 Å².